The quantitative estimate of drug-likeness (QED) is 0.779. The van der Waals surface area contributed by atoms with Gasteiger partial charge in [0.15, 0.2) is 0 Å². The van der Waals surface area contributed by atoms with Gasteiger partial charge in [-0.25, -0.2) is 8.78 Å². The first kappa shape index (κ1) is 11.4. The summed E-state index contributed by atoms with van der Waals surface area (Å²) in [6.45, 7) is 1.91. The molecule has 4 heteroatoms. The van der Waals surface area contributed by atoms with E-state index in [0.717, 1.165) is 11.6 Å². The summed E-state index contributed by atoms with van der Waals surface area (Å²) in [5.74, 6) is -1.25. The molecule has 0 saturated heterocycles. The molecule has 2 aromatic carbocycles. The van der Waals surface area contributed by atoms with E-state index in [1.54, 1.807) is 12.1 Å². The van der Waals surface area contributed by atoms with Crippen LogP contribution in [0.25, 0.3) is 0 Å². The highest BCUT2D eigenvalue weighted by Crippen LogP contribution is 2.26. The van der Waals surface area contributed by atoms with Gasteiger partial charge in [-0.15, -0.1) is 0 Å². The minimum absolute atomic E-state index is 0.198. The van der Waals surface area contributed by atoms with E-state index >= 15 is 0 Å². The van der Waals surface area contributed by atoms with Crippen LogP contribution in [0.2, 0.25) is 0 Å². The average Bonchev–Trinajstić information content (AvgIpc) is 2.27. The van der Waals surface area contributed by atoms with Crippen LogP contribution in [-0.4, -0.2) is 0 Å². The second-order valence-electron chi connectivity index (χ2n) is 3.84. The SMILES string of the molecule is Cc1ccc(N)c(Nc2ccc(F)cc2F)c1. The normalized spacial score (nSPS) is 10.3. The van der Waals surface area contributed by atoms with Crippen LogP contribution in [-0.2, 0) is 0 Å². The first-order chi connectivity index (χ1) is 8.06. The van der Waals surface area contributed by atoms with Gasteiger partial charge in [0.25, 0.3) is 0 Å². The standard InChI is InChI=1S/C13H12F2N2/c1-8-2-4-11(16)13(6-8)17-12-5-3-9(14)7-10(12)15/h2-7,17H,16H2,1H3. The van der Waals surface area contributed by atoms with Crippen molar-refractivity contribution in [2.24, 2.45) is 0 Å². The molecule has 0 fully saturated rings. The Morgan fingerprint density at radius 1 is 1.00 bits per heavy atom. The number of nitrogens with two attached hydrogens (primary N) is 1. The predicted octanol–water partition coefficient (Wildman–Crippen LogP) is 3.60. The van der Waals surface area contributed by atoms with Crippen molar-refractivity contribution in [1.29, 1.82) is 0 Å². The topological polar surface area (TPSA) is 38.0 Å². The molecule has 0 spiro atoms. The van der Waals surface area contributed by atoms with Crippen LogP contribution in [0.5, 0.6) is 0 Å². The molecule has 17 heavy (non-hydrogen) atoms. The third-order valence-corrected chi connectivity index (χ3v) is 2.41. The van der Waals surface area contributed by atoms with Crippen molar-refractivity contribution < 1.29 is 8.78 Å². The lowest BCUT2D eigenvalue weighted by molar-refractivity contribution is 0.586. The van der Waals surface area contributed by atoms with E-state index in [0.29, 0.717) is 11.4 Å². The molecule has 0 atom stereocenters. The zero-order valence-corrected chi connectivity index (χ0v) is 9.30. The van der Waals surface area contributed by atoms with Crippen LogP contribution < -0.4 is 11.1 Å². The number of anilines is 3. The van der Waals surface area contributed by atoms with Gasteiger partial charge in [0.2, 0.25) is 0 Å². The molecule has 0 aliphatic rings. The highest BCUT2D eigenvalue weighted by molar-refractivity contribution is 5.73. The van der Waals surface area contributed by atoms with Gasteiger partial charge in [-0.1, -0.05) is 6.07 Å². The molecule has 0 bridgehead atoms. The minimum atomic E-state index is -0.647. The van der Waals surface area contributed by atoms with Gasteiger partial charge in [-0.3, -0.25) is 0 Å². The Bertz CT molecular complexity index is 553. The van der Waals surface area contributed by atoms with E-state index in [1.165, 1.54) is 12.1 Å². The molecule has 2 aromatic rings. The van der Waals surface area contributed by atoms with E-state index in [1.807, 2.05) is 13.0 Å². The number of rotatable bonds is 2. The molecular formula is C13H12F2N2. The molecule has 0 radical (unpaired) electrons. The summed E-state index contributed by atoms with van der Waals surface area (Å²) in [7, 11) is 0. The molecule has 3 N–H and O–H groups in total. The molecule has 0 heterocycles. The maximum atomic E-state index is 13.4. The van der Waals surface area contributed by atoms with Gasteiger partial charge < -0.3 is 11.1 Å². The summed E-state index contributed by atoms with van der Waals surface area (Å²) in [5, 5.41) is 2.84. The number of nitrogens with one attached hydrogen (secondary N) is 1. The Morgan fingerprint density at radius 3 is 2.47 bits per heavy atom. The zero-order chi connectivity index (χ0) is 12.4. The van der Waals surface area contributed by atoms with Crippen LogP contribution in [0, 0.1) is 18.6 Å². The van der Waals surface area contributed by atoms with Gasteiger partial charge in [-0.05, 0) is 36.8 Å². The minimum Gasteiger partial charge on any atom is -0.397 e. The average molecular weight is 234 g/mol. The van der Waals surface area contributed by atoms with E-state index < -0.39 is 11.6 Å². The highest BCUT2D eigenvalue weighted by atomic mass is 19.1. The first-order valence-corrected chi connectivity index (χ1v) is 5.14. The second-order valence-corrected chi connectivity index (χ2v) is 3.84. The van der Waals surface area contributed by atoms with Crippen molar-refractivity contribution in [3.63, 3.8) is 0 Å². The zero-order valence-electron chi connectivity index (χ0n) is 9.30. The summed E-state index contributed by atoms with van der Waals surface area (Å²) in [4.78, 5) is 0. The maximum absolute atomic E-state index is 13.4. The Kier molecular flexibility index (Phi) is 2.95. The van der Waals surface area contributed by atoms with Crippen molar-refractivity contribution in [2.75, 3.05) is 11.1 Å². The Morgan fingerprint density at radius 2 is 1.76 bits per heavy atom. The Balaban J connectivity index is 2.34. The summed E-state index contributed by atoms with van der Waals surface area (Å²) >= 11 is 0. The van der Waals surface area contributed by atoms with Crippen molar-refractivity contribution in [1.82, 2.24) is 0 Å². The largest absolute Gasteiger partial charge is 0.397 e. The number of hydrogen-bond donors (Lipinski definition) is 2. The van der Waals surface area contributed by atoms with Crippen LogP contribution in [0.4, 0.5) is 25.8 Å². The fraction of sp³-hybridized carbons (Fsp3) is 0.0769. The van der Waals surface area contributed by atoms with Crippen molar-refractivity contribution >= 4 is 17.1 Å². The van der Waals surface area contributed by atoms with E-state index in [9.17, 15) is 8.78 Å². The maximum Gasteiger partial charge on any atom is 0.149 e. The molecule has 0 unspecified atom stereocenters. The van der Waals surface area contributed by atoms with Crippen molar-refractivity contribution in [3.8, 4) is 0 Å². The third-order valence-electron chi connectivity index (χ3n) is 2.41. The molecule has 2 nitrogen and oxygen atoms in total. The van der Waals surface area contributed by atoms with Crippen LogP contribution in [0.1, 0.15) is 5.56 Å². The molecule has 0 aliphatic heterocycles. The molecule has 0 aromatic heterocycles. The van der Waals surface area contributed by atoms with Gasteiger partial charge in [0, 0.05) is 6.07 Å². The number of halogens is 2. The van der Waals surface area contributed by atoms with Crippen LogP contribution in [0.15, 0.2) is 36.4 Å². The molecule has 0 amide bonds. The van der Waals surface area contributed by atoms with Crippen molar-refractivity contribution in [2.45, 2.75) is 6.92 Å². The Labute approximate surface area is 98.1 Å². The van der Waals surface area contributed by atoms with Gasteiger partial charge in [-0.2, -0.15) is 0 Å². The second kappa shape index (κ2) is 4.41. The van der Waals surface area contributed by atoms with Gasteiger partial charge >= 0.3 is 0 Å². The van der Waals surface area contributed by atoms with E-state index in [4.69, 9.17) is 5.73 Å². The number of nitrogen functional groups attached to an aromatic ring is 1. The third kappa shape index (κ3) is 2.53. The fourth-order valence-corrected chi connectivity index (χ4v) is 1.51. The van der Waals surface area contributed by atoms with Crippen LogP contribution >= 0.6 is 0 Å². The van der Waals surface area contributed by atoms with Gasteiger partial charge in [0.1, 0.15) is 11.6 Å². The smallest absolute Gasteiger partial charge is 0.149 e. The molecule has 88 valence electrons. The lowest BCUT2D eigenvalue weighted by atomic mass is 10.2. The monoisotopic (exact) mass is 234 g/mol. The highest BCUT2D eigenvalue weighted by Gasteiger charge is 2.06. The lowest BCUT2D eigenvalue weighted by Gasteiger charge is -2.10. The summed E-state index contributed by atoms with van der Waals surface area (Å²) < 4.78 is 26.2. The number of benzene rings is 2. The summed E-state index contributed by atoms with van der Waals surface area (Å²) in [5.41, 5.74) is 8.08. The summed E-state index contributed by atoms with van der Waals surface area (Å²) in [6, 6.07) is 8.76. The van der Waals surface area contributed by atoms with Crippen molar-refractivity contribution in [3.05, 3.63) is 53.6 Å². The molecule has 2 rings (SSSR count). The number of hydrogen-bond acceptors (Lipinski definition) is 2. The molecule has 0 aliphatic carbocycles. The lowest BCUT2D eigenvalue weighted by Crippen LogP contribution is -1.99. The van der Waals surface area contributed by atoms with Gasteiger partial charge in [0.05, 0.1) is 17.1 Å². The predicted molar refractivity (Wildman–Crippen MR) is 65.2 cm³/mol. The molecule has 0 saturated carbocycles. The summed E-state index contributed by atoms with van der Waals surface area (Å²) in [6.07, 6.45) is 0. The van der Waals surface area contributed by atoms with E-state index in [-0.39, 0.29) is 5.69 Å². The Hall–Kier alpha value is -2.10. The molecular weight excluding hydrogens is 222 g/mol. The fourth-order valence-electron chi connectivity index (χ4n) is 1.51. The van der Waals surface area contributed by atoms with E-state index in [2.05, 4.69) is 5.32 Å². The first-order valence-electron chi connectivity index (χ1n) is 5.14. The number of aryl methyl sites for hydroxylation is 1. The van der Waals surface area contributed by atoms with Crippen LogP contribution in [0.3, 0.4) is 0 Å².